The fourth-order valence-corrected chi connectivity index (χ4v) is 4.30. The Bertz CT molecular complexity index is 1250. The number of amides is 3. The van der Waals surface area contributed by atoms with Gasteiger partial charge >= 0.3 is 0 Å². The standard InChI is InChI=1S/C25H22ClN3O3/c26-20-14-18(9-10-22(20)29-11-3-6-23(29)30)27-25(32)19-12-16-4-1-2-5-17(16)13-21(19)28-24(31)15-7-8-15/h1-2,4-5,9-10,12-15H,3,6-8,11H2,(H,27,32)(H,28,31). The van der Waals surface area contributed by atoms with Crippen LogP contribution in [0.2, 0.25) is 5.02 Å². The van der Waals surface area contributed by atoms with Crippen molar-refractivity contribution in [1.29, 1.82) is 0 Å². The van der Waals surface area contributed by atoms with Crippen LogP contribution < -0.4 is 15.5 Å². The first-order chi connectivity index (χ1) is 15.5. The molecule has 7 heteroatoms. The number of rotatable bonds is 5. The average Bonchev–Trinajstić information content (AvgIpc) is 3.55. The summed E-state index contributed by atoms with van der Waals surface area (Å²) in [5, 5.41) is 8.05. The van der Waals surface area contributed by atoms with Gasteiger partial charge in [0.2, 0.25) is 11.8 Å². The summed E-state index contributed by atoms with van der Waals surface area (Å²) in [4.78, 5) is 39.3. The molecule has 1 aliphatic heterocycles. The number of nitrogens with one attached hydrogen (secondary N) is 2. The highest BCUT2D eigenvalue weighted by molar-refractivity contribution is 6.34. The van der Waals surface area contributed by atoms with Gasteiger partial charge in [-0.3, -0.25) is 14.4 Å². The molecule has 2 aliphatic rings. The van der Waals surface area contributed by atoms with Crippen molar-refractivity contribution in [2.45, 2.75) is 25.7 Å². The maximum Gasteiger partial charge on any atom is 0.257 e. The molecule has 1 heterocycles. The van der Waals surface area contributed by atoms with Crippen LogP contribution in [0.15, 0.2) is 54.6 Å². The van der Waals surface area contributed by atoms with Crippen LogP contribution in [0.3, 0.4) is 0 Å². The van der Waals surface area contributed by atoms with Gasteiger partial charge in [-0.2, -0.15) is 0 Å². The molecule has 6 nitrogen and oxygen atoms in total. The van der Waals surface area contributed by atoms with E-state index in [4.69, 9.17) is 11.6 Å². The number of nitrogens with zero attached hydrogens (tertiary/aromatic N) is 1. The smallest absolute Gasteiger partial charge is 0.257 e. The second-order valence-corrected chi connectivity index (χ2v) is 8.68. The second kappa shape index (κ2) is 8.28. The van der Waals surface area contributed by atoms with Crippen molar-refractivity contribution >= 4 is 57.2 Å². The number of hydrogen-bond donors (Lipinski definition) is 2. The fourth-order valence-electron chi connectivity index (χ4n) is 4.02. The first-order valence-electron chi connectivity index (χ1n) is 10.7. The molecule has 0 atom stereocenters. The van der Waals surface area contributed by atoms with Gasteiger partial charge in [0.05, 0.1) is 22.0 Å². The van der Waals surface area contributed by atoms with Crippen molar-refractivity contribution < 1.29 is 14.4 Å². The quantitative estimate of drug-likeness (QED) is 0.562. The van der Waals surface area contributed by atoms with E-state index in [1.165, 1.54) is 0 Å². The summed E-state index contributed by atoms with van der Waals surface area (Å²) in [6, 6.07) is 16.4. The largest absolute Gasteiger partial charge is 0.325 e. The van der Waals surface area contributed by atoms with Crippen LogP contribution in [0.1, 0.15) is 36.0 Å². The molecule has 3 aromatic rings. The maximum atomic E-state index is 13.2. The number of hydrogen-bond acceptors (Lipinski definition) is 3. The minimum atomic E-state index is -0.345. The third kappa shape index (κ3) is 4.06. The van der Waals surface area contributed by atoms with Crippen molar-refractivity contribution in [3.63, 3.8) is 0 Å². The highest BCUT2D eigenvalue weighted by atomic mass is 35.5. The Morgan fingerprint density at radius 3 is 2.38 bits per heavy atom. The molecular formula is C25H22ClN3O3. The molecule has 162 valence electrons. The van der Waals surface area contributed by atoms with E-state index in [0.717, 1.165) is 30.0 Å². The van der Waals surface area contributed by atoms with E-state index in [-0.39, 0.29) is 23.6 Å². The molecule has 0 aromatic heterocycles. The monoisotopic (exact) mass is 447 g/mol. The van der Waals surface area contributed by atoms with Gasteiger partial charge in [-0.15, -0.1) is 0 Å². The summed E-state index contributed by atoms with van der Waals surface area (Å²) in [6.45, 7) is 0.644. The lowest BCUT2D eigenvalue weighted by Crippen LogP contribution is -2.24. The fraction of sp³-hybridized carbons (Fsp3) is 0.240. The van der Waals surface area contributed by atoms with Crippen LogP contribution in [0.4, 0.5) is 17.1 Å². The Balaban J connectivity index is 1.43. The van der Waals surface area contributed by atoms with E-state index in [0.29, 0.717) is 40.6 Å². The van der Waals surface area contributed by atoms with Gasteiger partial charge in [-0.1, -0.05) is 35.9 Å². The summed E-state index contributed by atoms with van der Waals surface area (Å²) in [5.41, 5.74) is 2.04. The van der Waals surface area contributed by atoms with E-state index in [9.17, 15) is 14.4 Å². The SMILES string of the molecule is O=C(Nc1ccc(N2CCCC2=O)c(Cl)c1)c1cc2ccccc2cc1NC(=O)C1CC1. The number of anilines is 3. The minimum Gasteiger partial charge on any atom is -0.325 e. The molecule has 2 N–H and O–H groups in total. The van der Waals surface area contributed by atoms with Gasteiger partial charge in [0.25, 0.3) is 5.91 Å². The number of carbonyl (C=O) groups excluding carboxylic acids is 3. The number of benzene rings is 3. The zero-order valence-electron chi connectivity index (χ0n) is 17.4. The Kier molecular flexibility index (Phi) is 5.31. The summed E-state index contributed by atoms with van der Waals surface area (Å²) >= 11 is 6.42. The molecule has 0 unspecified atom stereocenters. The van der Waals surface area contributed by atoms with Gasteiger partial charge in [0.1, 0.15) is 0 Å². The minimum absolute atomic E-state index is 0.0250. The highest BCUT2D eigenvalue weighted by Gasteiger charge is 2.30. The van der Waals surface area contributed by atoms with Gasteiger partial charge in [0, 0.05) is 24.6 Å². The number of fused-ring (bicyclic) bond motifs is 1. The molecule has 1 saturated heterocycles. The maximum absolute atomic E-state index is 13.2. The van der Waals surface area contributed by atoms with E-state index < -0.39 is 0 Å². The van der Waals surface area contributed by atoms with Crippen molar-refractivity contribution in [2.75, 3.05) is 22.1 Å². The zero-order chi connectivity index (χ0) is 22.2. The van der Waals surface area contributed by atoms with Crippen molar-refractivity contribution in [1.82, 2.24) is 0 Å². The molecule has 2 fully saturated rings. The third-order valence-electron chi connectivity index (χ3n) is 5.91. The van der Waals surface area contributed by atoms with Crippen LogP contribution in [0.25, 0.3) is 10.8 Å². The highest BCUT2D eigenvalue weighted by Crippen LogP contribution is 2.34. The predicted molar refractivity (Wildman–Crippen MR) is 126 cm³/mol. The van der Waals surface area contributed by atoms with E-state index in [1.54, 1.807) is 29.2 Å². The summed E-state index contributed by atoms with van der Waals surface area (Å²) in [7, 11) is 0. The van der Waals surface area contributed by atoms with Crippen molar-refractivity contribution in [3.8, 4) is 0 Å². The van der Waals surface area contributed by atoms with Gasteiger partial charge in [-0.05, 0) is 60.4 Å². The molecule has 5 rings (SSSR count). The second-order valence-electron chi connectivity index (χ2n) is 8.28. The molecule has 3 aromatic carbocycles. The molecule has 0 radical (unpaired) electrons. The number of carbonyl (C=O) groups is 3. The normalized spacial score (nSPS) is 15.8. The topological polar surface area (TPSA) is 78.5 Å². The van der Waals surface area contributed by atoms with Crippen LogP contribution >= 0.6 is 11.6 Å². The molecule has 0 bridgehead atoms. The van der Waals surface area contributed by atoms with Gasteiger partial charge in [0.15, 0.2) is 0 Å². The lowest BCUT2D eigenvalue weighted by Gasteiger charge is -2.18. The van der Waals surface area contributed by atoms with E-state index in [1.807, 2.05) is 30.3 Å². The first-order valence-corrected chi connectivity index (χ1v) is 11.1. The summed E-state index contributed by atoms with van der Waals surface area (Å²) in [6.07, 6.45) is 3.09. The summed E-state index contributed by atoms with van der Waals surface area (Å²) < 4.78 is 0. The molecule has 0 spiro atoms. The van der Waals surface area contributed by atoms with Gasteiger partial charge < -0.3 is 15.5 Å². The number of halogens is 1. The lowest BCUT2D eigenvalue weighted by molar-refractivity contribution is -0.118. The van der Waals surface area contributed by atoms with Crippen LogP contribution in [0, 0.1) is 5.92 Å². The Morgan fingerprint density at radius 1 is 0.969 bits per heavy atom. The Labute approximate surface area is 190 Å². The Hall–Kier alpha value is -3.38. The first kappa shape index (κ1) is 20.5. The van der Waals surface area contributed by atoms with Crippen LogP contribution in [0.5, 0.6) is 0 Å². The van der Waals surface area contributed by atoms with Crippen LogP contribution in [-0.2, 0) is 9.59 Å². The molecule has 1 saturated carbocycles. The Morgan fingerprint density at radius 2 is 1.72 bits per heavy atom. The molecule has 3 amide bonds. The average molecular weight is 448 g/mol. The van der Waals surface area contributed by atoms with Crippen molar-refractivity contribution in [3.05, 3.63) is 65.2 Å². The summed E-state index contributed by atoms with van der Waals surface area (Å²) in [5.74, 6) is -0.326. The van der Waals surface area contributed by atoms with Crippen molar-refractivity contribution in [2.24, 2.45) is 5.92 Å². The molecule has 1 aliphatic carbocycles. The lowest BCUT2D eigenvalue weighted by atomic mass is 10.0. The third-order valence-corrected chi connectivity index (χ3v) is 6.21. The van der Waals surface area contributed by atoms with Gasteiger partial charge in [-0.25, -0.2) is 0 Å². The van der Waals surface area contributed by atoms with E-state index in [2.05, 4.69) is 10.6 Å². The molecular weight excluding hydrogens is 426 g/mol. The van der Waals surface area contributed by atoms with E-state index >= 15 is 0 Å². The predicted octanol–water partition coefficient (Wildman–Crippen LogP) is 5.22. The van der Waals surface area contributed by atoms with Crippen LogP contribution in [-0.4, -0.2) is 24.3 Å². The molecule has 32 heavy (non-hydrogen) atoms. The zero-order valence-corrected chi connectivity index (χ0v) is 18.1.